The van der Waals surface area contributed by atoms with E-state index >= 15 is 0 Å². The van der Waals surface area contributed by atoms with E-state index in [-0.39, 0.29) is 12.2 Å². The van der Waals surface area contributed by atoms with Crippen molar-refractivity contribution in [2.24, 2.45) is 5.92 Å². The predicted molar refractivity (Wildman–Crippen MR) is 78.9 cm³/mol. The van der Waals surface area contributed by atoms with Crippen molar-refractivity contribution in [3.8, 4) is 0 Å². The van der Waals surface area contributed by atoms with E-state index in [0.29, 0.717) is 25.5 Å². The Hall–Kier alpha value is -2.30. The number of anilines is 1. The monoisotopic (exact) mass is 364 g/mol. The van der Waals surface area contributed by atoms with Gasteiger partial charge in [-0.15, -0.1) is 0 Å². The summed E-state index contributed by atoms with van der Waals surface area (Å²) < 4.78 is 48.1. The molecule has 24 heavy (non-hydrogen) atoms. The Morgan fingerprint density at radius 3 is 2.62 bits per heavy atom. The lowest BCUT2D eigenvalue weighted by Gasteiger charge is -2.32. The molecule has 0 amide bonds. The maximum absolute atomic E-state index is 12.6. The van der Waals surface area contributed by atoms with E-state index in [0.717, 1.165) is 12.1 Å². The van der Waals surface area contributed by atoms with E-state index in [9.17, 15) is 32.1 Å². The molecule has 1 aromatic carbocycles. The molecule has 0 bridgehead atoms. The maximum atomic E-state index is 12.6. The van der Waals surface area contributed by atoms with Gasteiger partial charge in [-0.05, 0) is 25.0 Å². The predicted octanol–water partition coefficient (Wildman–Crippen LogP) is 1.89. The molecular formula is C13H14F2N2O6S. The van der Waals surface area contributed by atoms with Gasteiger partial charge in [-0.1, -0.05) is 0 Å². The van der Waals surface area contributed by atoms with Crippen LogP contribution in [-0.4, -0.2) is 43.3 Å². The molecule has 1 atom stereocenters. The fraction of sp³-hybridized carbons (Fsp3) is 0.462. The van der Waals surface area contributed by atoms with Gasteiger partial charge in [0.15, 0.2) is 0 Å². The zero-order valence-corrected chi connectivity index (χ0v) is 13.1. The number of hydrogen-bond donors (Lipinski definition) is 1. The Morgan fingerprint density at radius 2 is 2.08 bits per heavy atom. The highest BCUT2D eigenvalue weighted by Crippen LogP contribution is 2.34. The van der Waals surface area contributed by atoms with Gasteiger partial charge < -0.3 is 10.0 Å². The van der Waals surface area contributed by atoms with Crippen LogP contribution in [0.15, 0.2) is 23.1 Å². The minimum atomic E-state index is -4.96. The van der Waals surface area contributed by atoms with Gasteiger partial charge in [-0.2, -0.15) is 8.78 Å². The molecule has 0 saturated carbocycles. The highest BCUT2D eigenvalue weighted by Gasteiger charge is 2.32. The smallest absolute Gasteiger partial charge is 0.341 e. The number of carboxylic acid groups (broad SMARTS) is 1. The first-order chi connectivity index (χ1) is 11.1. The Bertz CT molecular complexity index is 768. The van der Waals surface area contributed by atoms with E-state index < -0.39 is 43.0 Å². The molecule has 8 nitrogen and oxygen atoms in total. The Labute approximate surface area is 135 Å². The van der Waals surface area contributed by atoms with E-state index in [4.69, 9.17) is 5.11 Å². The number of carbonyl (C=O) groups is 1. The van der Waals surface area contributed by atoms with Crippen LogP contribution in [0, 0.1) is 16.0 Å². The van der Waals surface area contributed by atoms with Gasteiger partial charge in [0.25, 0.3) is 5.69 Å². The van der Waals surface area contributed by atoms with E-state index in [1.165, 1.54) is 4.90 Å². The van der Waals surface area contributed by atoms with Crippen molar-refractivity contribution in [3.05, 3.63) is 28.3 Å². The normalized spacial score (nSPS) is 18.6. The molecule has 132 valence electrons. The van der Waals surface area contributed by atoms with Gasteiger partial charge >= 0.3 is 11.7 Å². The first kappa shape index (κ1) is 18.0. The average molecular weight is 364 g/mol. The van der Waals surface area contributed by atoms with Crippen molar-refractivity contribution in [2.75, 3.05) is 18.0 Å². The number of aliphatic carboxylic acids is 1. The lowest BCUT2D eigenvalue weighted by Crippen LogP contribution is -2.39. The molecule has 0 aromatic heterocycles. The lowest BCUT2D eigenvalue weighted by atomic mass is 9.97. The molecule has 1 heterocycles. The number of sulfone groups is 1. The van der Waals surface area contributed by atoms with Gasteiger partial charge in [-0.25, -0.2) is 8.42 Å². The van der Waals surface area contributed by atoms with Crippen LogP contribution in [0.3, 0.4) is 0 Å². The first-order valence-electron chi connectivity index (χ1n) is 6.93. The molecule has 1 aliphatic rings. The van der Waals surface area contributed by atoms with Crippen molar-refractivity contribution in [2.45, 2.75) is 23.5 Å². The molecule has 1 fully saturated rings. The molecule has 1 N–H and O–H groups in total. The number of nitro groups is 1. The summed E-state index contributed by atoms with van der Waals surface area (Å²) in [6, 6.07) is 2.52. The van der Waals surface area contributed by atoms with Crippen LogP contribution in [0.25, 0.3) is 0 Å². The topological polar surface area (TPSA) is 118 Å². The molecule has 1 unspecified atom stereocenters. The molecular weight excluding hydrogens is 350 g/mol. The van der Waals surface area contributed by atoms with Crippen molar-refractivity contribution < 1.29 is 32.0 Å². The Balaban J connectivity index is 2.44. The highest BCUT2D eigenvalue weighted by atomic mass is 32.2. The van der Waals surface area contributed by atoms with E-state index in [2.05, 4.69) is 0 Å². The Morgan fingerprint density at radius 1 is 1.42 bits per heavy atom. The van der Waals surface area contributed by atoms with Gasteiger partial charge in [0, 0.05) is 19.2 Å². The van der Waals surface area contributed by atoms with Crippen molar-refractivity contribution in [1.82, 2.24) is 0 Å². The molecule has 1 saturated heterocycles. The molecule has 2 rings (SSSR count). The number of alkyl halides is 2. The molecule has 0 radical (unpaired) electrons. The minimum Gasteiger partial charge on any atom is -0.481 e. The van der Waals surface area contributed by atoms with Crippen molar-refractivity contribution >= 4 is 27.2 Å². The fourth-order valence-electron chi connectivity index (χ4n) is 2.59. The second kappa shape index (κ2) is 6.67. The first-order valence-corrected chi connectivity index (χ1v) is 8.47. The largest absolute Gasteiger partial charge is 0.481 e. The maximum Gasteiger partial charge on any atom is 0.341 e. The summed E-state index contributed by atoms with van der Waals surface area (Å²) in [5, 5.41) is 20.3. The average Bonchev–Trinajstić information content (AvgIpc) is 2.54. The third kappa shape index (κ3) is 3.45. The fourth-order valence-corrected chi connectivity index (χ4v) is 3.33. The summed E-state index contributed by atoms with van der Waals surface area (Å²) in [5.74, 6) is -5.42. The molecule has 0 aliphatic carbocycles. The number of halogens is 2. The van der Waals surface area contributed by atoms with Crippen LogP contribution in [0.5, 0.6) is 0 Å². The van der Waals surface area contributed by atoms with E-state index in [1.807, 2.05) is 0 Å². The number of piperidine rings is 1. The zero-order chi connectivity index (χ0) is 18.1. The quantitative estimate of drug-likeness (QED) is 0.626. The SMILES string of the molecule is O=C(O)C1CCCN(c2ccc(S(=O)(=O)C(F)F)cc2[N+](=O)[O-])C1. The number of hydrogen-bond acceptors (Lipinski definition) is 6. The van der Waals surface area contributed by atoms with Crippen LogP contribution >= 0.6 is 0 Å². The van der Waals surface area contributed by atoms with Crippen LogP contribution in [0.2, 0.25) is 0 Å². The minimum absolute atomic E-state index is 0.0131. The summed E-state index contributed by atoms with van der Waals surface area (Å²) >= 11 is 0. The summed E-state index contributed by atoms with van der Waals surface area (Å²) in [4.78, 5) is 22.0. The molecule has 1 aromatic rings. The summed E-state index contributed by atoms with van der Waals surface area (Å²) in [5.41, 5.74) is -0.637. The van der Waals surface area contributed by atoms with Crippen LogP contribution in [-0.2, 0) is 14.6 Å². The number of nitrogens with zero attached hydrogens (tertiary/aromatic N) is 2. The molecule has 0 spiro atoms. The third-order valence-corrected chi connectivity index (χ3v) is 5.20. The third-order valence-electron chi connectivity index (χ3n) is 3.82. The van der Waals surface area contributed by atoms with Crippen molar-refractivity contribution in [3.63, 3.8) is 0 Å². The summed E-state index contributed by atoms with van der Waals surface area (Å²) in [7, 11) is -4.96. The molecule has 1 aliphatic heterocycles. The standard InChI is InChI=1S/C13H14F2N2O6S/c14-13(15)24(22,23)9-3-4-10(11(6-9)17(20)21)16-5-1-2-8(7-16)12(18)19/h3-4,6,8,13H,1-2,5,7H2,(H,18,19). The van der Waals surface area contributed by atoms with E-state index in [1.54, 1.807) is 0 Å². The highest BCUT2D eigenvalue weighted by molar-refractivity contribution is 7.91. The second-order valence-corrected chi connectivity index (χ2v) is 7.25. The second-order valence-electron chi connectivity index (χ2n) is 5.34. The van der Waals surface area contributed by atoms with Crippen LogP contribution in [0.4, 0.5) is 20.2 Å². The summed E-state index contributed by atoms with van der Waals surface area (Å²) in [6.45, 7) is 0.378. The number of benzene rings is 1. The summed E-state index contributed by atoms with van der Waals surface area (Å²) in [6.07, 6.45) is 0.919. The van der Waals surface area contributed by atoms with Gasteiger partial charge in [0.2, 0.25) is 9.84 Å². The van der Waals surface area contributed by atoms with Crippen LogP contribution in [0.1, 0.15) is 12.8 Å². The molecule has 11 heteroatoms. The van der Waals surface area contributed by atoms with Gasteiger partial charge in [0.1, 0.15) is 5.69 Å². The number of rotatable bonds is 5. The number of carboxylic acids is 1. The lowest BCUT2D eigenvalue weighted by molar-refractivity contribution is -0.384. The van der Waals surface area contributed by atoms with Crippen molar-refractivity contribution in [1.29, 1.82) is 0 Å². The zero-order valence-electron chi connectivity index (χ0n) is 12.3. The Kier molecular flexibility index (Phi) is 5.02. The van der Waals surface area contributed by atoms with Crippen LogP contribution < -0.4 is 4.90 Å². The van der Waals surface area contributed by atoms with Gasteiger partial charge in [-0.3, -0.25) is 14.9 Å². The van der Waals surface area contributed by atoms with Gasteiger partial charge in [0.05, 0.1) is 15.7 Å². The number of nitro benzene ring substituents is 1.